The molecule has 1 aromatic carbocycles. The first-order valence-electron chi connectivity index (χ1n) is 9.67. The second kappa shape index (κ2) is 9.01. The van der Waals surface area contributed by atoms with Crippen LogP contribution < -0.4 is 10.9 Å². The predicted octanol–water partition coefficient (Wildman–Crippen LogP) is 2.71. The van der Waals surface area contributed by atoms with E-state index in [0.717, 1.165) is 36.1 Å². The molecule has 30 heavy (non-hydrogen) atoms. The molecule has 0 aliphatic heterocycles. The summed E-state index contributed by atoms with van der Waals surface area (Å²) >= 11 is 2.76. The molecule has 0 radical (unpaired) electrons. The van der Waals surface area contributed by atoms with Crippen molar-refractivity contribution in [3.8, 4) is 5.69 Å². The lowest BCUT2D eigenvalue weighted by atomic mass is 9.97. The normalized spacial score (nSPS) is 13.1. The highest BCUT2D eigenvalue weighted by atomic mass is 32.2. The highest BCUT2D eigenvalue weighted by Gasteiger charge is 2.23. The molecule has 7 nitrogen and oxygen atoms in total. The van der Waals surface area contributed by atoms with Crippen LogP contribution in [0.3, 0.4) is 0 Å². The number of hydrogen-bond acceptors (Lipinski definition) is 7. The molecule has 2 aromatic heterocycles. The number of aryl methyl sites for hydroxylation is 2. The molecule has 2 heterocycles. The average molecular weight is 444 g/mol. The van der Waals surface area contributed by atoms with Crippen LogP contribution in [0, 0.1) is 0 Å². The van der Waals surface area contributed by atoms with E-state index in [2.05, 4.69) is 10.1 Å². The van der Waals surface area contributed by atoms with Crippen molar-refractivity contribution in [3.05, 3.63) is 51.1 Å². The molecule has 1 aliphatic rings. The number of carbonyl (C=O) groups is 2. The highest BCUT2D eigenvalue weighted by molar-refractivity contribution is 7.99. The van der Waals surface area contributed by atoms with E-state index in [0.29, 0.717) is 16.2 Å². The Morgan fingerprint density at radius 3 is 2.77 bits per heavy atom. The fourth-order valence-electron chi connectivity index (χ4n) is 3.51. The second-order valence-corrected chi connectivity index (χ2v) is 8.93. The summed E-state index contributed by atoms with van der Waals surface area (Å²) in [6, 6.07) is 9.34. The first kappa shape index (κ1) is 20.6. The number of rotatable bonds is 6. The number of benzene rings is 1. The van der Waals surface area contributed by atoms with Crippen LogP contribution in [0.4, 0.5) is 0 Å². The van der Waals surface area contributed by atoms with E-state index in [1.54, 1.807) is 15.9 Å². The molecule has 0 spiro atoms. The third-order valence-corrected chi connectivity index (χ3v) is 7.09. The molecular weight excluding hydrogens is 422 g/mol. The highest BCUT2D eigenvalue weighted by Crippen LogP contribution is 2.35. The van der Waals surface area contributed by atoms with Crippen molar-refractivity contribution in [2.24, 2.45) is 0 Å². The molecule has 0 saturated heterocycles. The van der Waals surface area contributed by atoms with Crippen LogP contribution in [-0.4, -0.2) is 40.8 Å². The lowest BCUT2D eigenvalue weighted by Gasteiger charge is -2.13. The summed E-state index contributed by atoms with van der Waals surface area (Å²) in [7, 11) is 1.27. The molecule has 156 valence electrons. The Bertz CT molecular complexity index is 1150. The Labute approximate surface area is 181 Å². The molecule has 4 rings (SSSR count). The van der Waals surface area contributed by atoms with Crippen LogP contribution in [0.25, 0.3) is 15.9 Å². The Balaban J connectivity index is 1.72. The fraction of sp³-hybridized carbons (Fsp3) is 0.333. The van der Waals surface area contributed by atoms with E-state index in [4.69, 9.17) is 4.98 Å². The largest absolute Gasteiger partial charge is 0.468 e. The van der Waals surface area contributed by atoms with Gasteiger partial charge in [0, 0.05) is 4.88 Å². The van der Waals surface area contributed by atoms with Gasteiger partial charge in [-0.3, -0.25) is 19.0 Å². The molecule has 1 aliphatic carbocycles. The minimum atomic E-state index is -0.516. The van der Waals surface area contributed by atoms with Gasteiger partial charge in [0.1, 0.15) is 11.4 Å². The molecule has 9 heteroatoms. The number of fused-ring (bicyclic) bond motifs is 3. The first-order valence-corrected chi connectivity index (χ1v) is 11.5. The number of amides is 1. The Kier molecular flexibility index (Phi) is 6.19. The van der Waals surface area contributed by atoms with Crippen LogP contribution in [0.5, 0.6) is 0 Å². The van der Waals surface area contributed by atoms with Crippen molar-refractivity contribution in [3.63, 3.8) is 0 Å². The van der Waals surface area contributed by atoms with E-state index >= 15 is 0 Å². The number of para-hydroxylation sites is 1. The van der Waals surface area contributed by atoms with Gasteiger partial charge in [0.05, 0.1) is 23.9 Å². The van der Waals surface area contributed by atoms with E-state index in [1.807, 2.05) is 30.3 Å². The van der Waals surface area contributed by atoms with Crippen LogP contribution in [0.15, 0.2) is 40.3 Å². The van der Waals surface area contributed by atoms with Crippen molar-refractivity contribution in [1.29, 1.82) is 0 Å². The van der Waals surface area contributed by atoms with E-state index in [-0.39, 0.29) is 23.8 Å². The third kappa shape index (κ3) is 4.13. The monoisotopic (exact) mass is 443 g/mol. The van der Waals surface area contributed by atoms with Crippen molar-refractivity contribution in [2.45, 2.75) is 30.8 Å². The van der Waals surface area contributed by atoms with Crippen molar-refractivity contribution in [2.75, 3.05) is 19.4 Å². The lowest BCUT2D eigenvalue weighted by molar-refractivity contribution is -0.140. The second-order valence-electron chi connectivity index (χ2n) is 6.90. The van der Waals surface area contributed by atoms with Gasteiger partial charge in [0.15, 0.2) is 5.16 Å². The molecule has 0 atom stereocenters. The van der Waals surface area contributed by atoms with E-state index < -0.39 is 5.97 Å². The standard InChI is InChI=1S/C21H21N3O4S2/c1-28-17(26)11-22-16(25)12-29-21-23-19-18(14-9-5-6-10-15(14)30-19)20(27)24(21)13-7-3-2-4-8-13/h2-4,7-8H,5-6,9-12H2,1H3,(H,22,25). The lowest BCUT2D eigenvalue weighted by Crippen LogP contribution is -2.31. The number of aromatic nitrogens is 2. The summed E-state index contributed by atoms with van der Waals surface area (Å²) in [6.45, 7) is -0.189. The molecule has 0 bridgehead atoms. The molecule has 0 fully saturated rings. The average Bonchev–Trinajstić information content (AvgIpc) is 3.15. The van der Waals surface area contributed by atoms with Crippen molar-refractivity contribution in [1.82, 2.24) is 14.9 Å². The maximum Gasteiger partial charge on any atom is 0.325 e. The van der Waals surface area contributed by atoms with Crippen molar-refractivity contribution >= 4 is 45.2 Å². The summed E-state index contributed by atoms with van der Waals surface area (Å²) in [5.41, 5.74) is 1.75. The van der Waals surface area contributed by atoms with Crippen LogP contribution in [0.2, 0.25) is 0 Å². The zero-order valence-corrected chi connectivity index (χ0v) is 18.1. The molecule has 1 N–H and O–H groups in total. The van der Waals surface area contributed by atoms with Gasteiger partial charge in [0.2, 0.25) is 5.91 Å². The number of thioether (sulfide) groups is 1. The molecule has 3 aromatic rings. The number of nitrogens with one attached hydrogen (secondary N) is 1. The third-order valence-electron chi connectivity index (χ3n) is 4.96. The van der Waals surface area contributed by atoms with E-state index in [9.17, 15) is 14.4 Å². The van der Waals surface area contributed by atoms with Gasteiger partial charge in [0.25, 0.3) is 5.56 Å². The van der Waals surface area contributed by atoms with E-state index in [1.165, 1.54) is 23.7 Å². The molecule has 0 unspecified atom stereocenters. The number of carbonyl (C=O) groups excluding carboxylic acids is 2. The van der Waals surface area contributed by atoms with Crippen LogP contribution in [0.1, 0.15) is 23.3 Å². The Morgan fingerprint density at radius 2 is 2.00 bits per heavy atom. The SMILES string of the molecule is COC(=O)CNC(=O)CSc1nc2sc3c(c2c(=O)n1-c1ccccc1)CCCC3. The molecular formula is C21H21N3O4S2. The first-order chi connectivity index (χ1) is 14.6. The Hall–Kier alpha value is -2.65. The summed E-state index contributed by atoms with van der Waals surface area (Å²) in [6.07, 6.45) is 4.11. The van der Waals surface area contributed by atoms with Crippen LogP contribution >= 0.6 is 23.1 Å². The summed E-state index contributed by atoms with van der Waals surface area (Å²) in [5, 5.41) is 3.68. The fourth-order valence-corrected chi connectivity index (χ4v) is 5.66. The number of nitrogens with zero attached hydrogens (tertiary/aromatic N) is 2. The molecule has 0 saturated carbocycles. The quantitative estimate of drug-likeness (QED) is 0.358. The van der Waals surface area contributed by atoms with Gasteiger partial charge in [-0.2, -0.15) is 0 Å². The maximum atomic E-state index is 13.5. The van der Waals surface area contributed by atoms with Crippen molar-refractivity contribution < 1.29 is 14.3 Å². The number of ether oxygens (including phenoxy) is 1. The maximum absolute atomic E-state index is 13.5. The minimum Gasteiger partial charge on any atom is -0.468 e. The number of hydrogen-bond donors (Lipinski definition) is 1. The van der Waals surface area contributed by atoms with Gasteiger partial charge in [-0.15, -0.1) is 11.3 Å². The number of esters is 1. The number of thiophene rings is 1. The predicted molar refractivity (Wildman–Crippen MR) is 118 cm³/mol. The number of methoxy groups -OCH3 is 1. The summed E-state index contributed by atoms with van der Waals surface area (Å²) in [5.74, 6) is -0.810. The minimum absolute atomic E-state index is 0.0346. The van der Waals surface area contributed by atoms with Crippen LogP contribution in [-0.2, 0) is 27.2 Å². The van der Waals surface area contributed by atoms with Gasteiger partial charge >= 0.3 is 5.97 Å². The van der Waals surface area contributed by atoms with Gasteiger partial charge in [-0.25, -0.2) is 4.98 Å². The topological polar surface area (TPSA) is 90.3 Å². The zero-order chi connectivity index (χ0) is 21.1. The Morgan fingerprint density at radius 1 is 1.23 bits per heavy atom. The summed E-state index contributed by atoms with van der Waals surface area (Å²) in [4.78, 5) is 43.6. The molecule has 1 amide bonds. The summed E-state index contributed by atoms with van der Waals surface area (Å²) < 4.78 is 6.11. The zero-order valence-electron chi connectivity index (χ0n) is 16.5. The van der Waals surface area contributed by atoms with Gasteiger partial charge < -0.3 is 10.1 Å². The van der Waals surface area contributed by atoms with Gasteiger partial charge in [-0.05, 0) is 43.4 Å². The van der Waals surface area contributed by atoms with Gasteiger partial charge in [-0.1, -0.05) is 30.0 Å². The smallest absolute Gasteiger partial charge is 0.325 e.